The summed E-state index contributed by atoms with van der Waals surface area (Å²) in [5, 5.41) is 25.0. The molecule has 7 N–H and O–H groups in total. The number of thiol groups is 1. The molecule has 0 heterocycles. The van der Waals surface area contributed by atoms with E-state index in [1.54, 1.807) is 6.26 Å². The summed E-state index contributed by atoms with van der Waals surface area (Å²) in [4.78, 5) is 58.2. The van der Waals surface area contributed by atoms with Crippen LogP contribution in [0.1, 0.15) is 19.3 Å². The number of carboxylic acid groups (broad SMARTS) is 2. The van der Waals surface area contributed by atoms with Gasteiger partial charge in [-0.25, -0.2) is 4.79 Å². The van der Waals surface area contributed by atoms with Crippen molar-refractivity contribution in [2.24, 2.45) is 5.73 Å². The van der Waals surface area contributed by atoms with Crippen LogP contribution < -0.4 is 21.7 Å². The van der Waals surface area contributed by atoms with E-state index in [9.17, 15) is 29.1 Å². The second-order valence-corrected chi connectivity index (χ2v) is 7.03. The van der Waals surface area contributed by atoms with Gasteiger partial charge >= 0.3 is 11.9 Å². The minimum absolute atomic E-state index is 0.0870. The van der Waals surface area contributed by atoms with Crippen molar-refractivity contribution in [2.45, 2.75) is 37.4 Å². The van der Waals surface area contributed by atoms with Crippen molar-refractivity contribution in [3.05, 3.63) is 0 Å². The molecule has 0 bridgehead atoms. The molecule has 0 aliphatic rings. The number of carbonyl (C=O) groups is 5. The maximum absolute atomic E-state index is 12.4. The van der Waals surface area contributed by atoms with Gasteiger partial charge in [0.1, 0.15) is 18.1 Å². The summed E-state index contributed by atoms with van der Waals surface area (Å²) in [6.07, 6.45) is 1.25. The molecular weight excluding hydrogens is 412 g/mol. The van der Waals surface area contributed by atoms with E-state index in [0.29, 0.717) is 5.75 Å². The number of carbonyl (C=O) groups excluding carboxylic acids is 3. The van der Waals surface area contributed by atoms with Gasteiger partial charge in [0.05, 0.1) is 6.54 Å². The van der Waals surface area contributed by atoms with Crippen LogP contribution >= 0.6 is 24.4 Å². The number of aliphatic carboxylic acids is 2. The van der Waals surface area contributed by atoms with E-state index in [2.05, 4.69) is 28.6 Å². The molecule has 0 aromatic rings. The SMILES string of the molecule is CSCCC(NC(=O)C(CCC(=O)O)NC(=O)C(CS)NC(=O)CN)C(=O)O. The zero-order chi connectivity index (χ0) is 21.7. The number of hydrogen-bond donors (Lipinski definition) is 7. The Labute approximate surface area is 172 Å². The molecule has 13 heteroatoms. The molecule has 0 fully saturated rings. The van der Waals surface area contributed by atoms with Crippen molar-refractivity contribution in [1.29, 1.82) is 0 Å². The summed E-state index contributed by atoms with van der Waals surface area (Å²) >= 11 is 5.36. The normalized spacial score (nSPS) is 13.7. The van der Waals surface area contributed by atoms with E-state index in [1.165, 1.54) is 11.8 Å². The number of rotatable bonds is 14. The Morgan fingerprint density at radius 2 is 1.54 bits per heavy atom. The molecule has 0 aliphatic heterocycles. The van der Waals surface area contributed by atoms with Crippen molar-refractivity contribution in [3.8, 4) is 0 Å². The second-order valence-electron chi connectivity index (χ2n) is 5.68. The van der Waals surface area contributed by atoms with E-state index in [1.807, 2.05) is 0 Å². The topological polar surface area (TPSA) is 188 Å². The number of nitrogens with one attached hydrogen (secondary N) is 3. The largest absolute Gasteiger partial charge is 0.481 e. The van der Waals surface area contributed by atoms with E-state index >= 15 is 0 Å². The molecule has 11 nitrogen and oxygen atoms in total. The Bertz CT molecular complexity index is 577. The predicted octanol–water partition coefficient (Wildman–Crippen LogP) is -1.97. The molecule has 0 aromatic heterocycles. The monoisotopic (exact) mass is 438 g/mol. The van der Waals surface area contributed by atoms with E-state index < -0.39 is 54.2 Å². The van der Waals surface area contributed by atoms with Crippen LogP contribution in [0.4, 0.5) is 0 Å². The van der Waals surface area contributed by atoms with E-state index in [0.717, 1.165) is 0 Å². The van der Waals surface area contributed by atoms with Crippen LogP contribution in [0.3, 0.4) is 0 Å². The molecule has 160 valence electrons. The highest BCUT2D eigenvalue weighted by molar-refractivity contribution is 7.98. The van der Waals surface area contributed by atoms with Crippen LogP contribution in [0.25, 0.3) is 0 Å². The van der Waals surface area contributed by atoms with Crippen molar-refractivity contribution < 1.29 is 34.2 Å². The molecule has 3 amide bonds. The highest BCUT2D eigenvalue weighted by Crippen LogP contribution is 2.05. The van der Waals surface area contributed by atoms with Gasteiger partial charge in [-0.15, -0.1) is 0 Å². The number of nitrogens with two attached hydrogens (primary N) is 1. The fourth-order valence-electron chi connectivity index (χ4n) is 2.02. The van der Waals surface area contributed by atoms with E-state index in [4.69, 9.17) is 10.8 Å². The lowest BCUT2D eigenvalue weighted by Gasteiger charge is -2.23. The zero-order valence-corrected chi connectivity index (χ0v) is 17.1. The van der Waals surface area contributed by atoms with Crippen molar-refractivity contribution in [2.75, 3.05) is 24.3 Å². The third-order valence-electron chi connectivity index (χ3n) is 3.52. The fraction of sp³-hybridized carbons (Fsp3) is 0.667. The van der Waals surface area contributed by atoms with Crippen LogP contribution in [0.15, 0.2) is 0 Å². The maximum atomic E-state index is 12.4. The lowest BCUT2D eigenvalue weighted by atomic mass is 10.1. The molecule has 3 atom stereocenters. The standard InChI is InChI=1S/C15H26N4O7S2/c1-28-5-4-9(15(25)26)19-13(23)8(2-3-12(21)22)18-14(24)10(7-27)17-11(20)6-16/h8-10,27H,2-7,16H2,1H3,(H,17,20)(H,18,24)(H,19,23)(H,21,22)(H,25,26). The Balaban J connectivity index is 5.19. The summed E-state index contributed by atoms with van der Waals surface area (Å²) in [7, 11) is 0. The summed E-state index contributed by atoms with van der Waals surface area (Å²) < 4.78 is 0. The van der Waals surface area contributed by atoms with Gasteiger partial charge in [0, 0.05) is 12.2 Å². The highest BCUT2D eigenvalue weighted by atomic mass is 32.2. The summed E-state index contributed by atoms with van der Waals surface area (Å²) in [6, 6.07) is -3.56. The average molecular weight is 439 g/mol. The van der Waals surface area contributed by atoms with Gasteiger partial charge < -0.3 is 31.9 Å². The van der Waals surface area contributed by atoms with Gasteiger partial charge in [0.15, 0.2) is 0 Å². The fourth-order valence-corrected chi connectivity index (χ4v) is 2.75. The van der Waals surface area contributed by atoms with Gasteiger partial charge in [-0.3, -0.25) is 19.2 Å². The van der Waals surface area contributed by atoms with Crippen LogP contribution in [0.5, 0.6) is 0 Å². The molecule has 0 aromatic carbocycles. The van der Waals surface area contributed by atoms with Crippen LogP contribution in [-0.4, -0.2) is 82.3 Å². The molecule has 28 heavy (non-hydrogen) atoms. The first-order valence-corrected chi connectivity index (χ1v) is 10.3. The summed E-state index contributed by atoms with van der Waals surface area (Å²) in [5.74, 6) is -4.24. The van der Waals surface area contributed by atoms with Crippen LogP contribution in [-0.2, 0) is 24.0 Å². The quantitative estimate of drug-likeness (QED) is 0.151. The Kier molecular flexibility index (Phi) is 13.1. The molecule has 0 radical (unpaired) electrons. The Hall–Kier alpha value is -1.99. The van der Waals surface area contributed by atoms with E-state index in [-0.39, 0.29) is 25.1 Å². The number of carboxylic acids is 2. The van der Waals surface area contributed by atoms with Crippen molar-refractivity contribution in [3.63, 3.8) is 0 Å². The van der Waals surface area contributed by atoms with Gasteiger partial charge in [-0.2, -0.15) is 24.4 Å². The van der Waals surface area contributed by atoms with Gasteiger partial charge in [0.2, 0.25) is 17.7 Å². The minimum atomic E-state index is -1.29. The molecule has 0 saturated heterocycles. The number of thioether (sulfide) groups is 1. The van der Waals surface area contributed by atoms with Crippen LogP contribution in [0, 0.1) is 0 Å². The van der Waals surface area contributed by atoms with Crippen LogP contribution in [0.2, 0.25) is 0 Å². The third-order valence-corrected chi connectivity index (χ3v) is 4.53. The number of amides is 3. The first kappa shape index (κ1) is 26.0. The third kappa shape index (κ3) is 10.4. The molecule has 0 rings (SSSR count). The minimum Gasteiger partial charge on any atom is -0.481 e. The second kappa shape index (κ2) is 14.1. The Morgan fingerprint density at radius 1 is 0.964 bits per heavy atom. The molecule has 0 saturated carbocycles. The average Bonchev–Trinajstić information content (AvgIpc) is 2.65. The summed E-state index contributed by atoms with van der Waals surface area (Å²) in [6.45, 7) is -0.351. The first-order chi connectivity index (χ1) is 13.2. The maximum Gasteiger partial charge on any atom is 0.326 e. The molecule has 3 unspecified atom stereocenters. The van der Waals surface area contributed by atoms with Gasteiger partial charge in [-0.1, -0.05) is 0 Å². The van der Waals surface area contributed by atoms with Gasteiger partial charge in [-0.05, 0) is 24.9 Å². The smallest absolute Gasteiger partial charge is 0.326 e. The van der Waals surface area contributed by atoms with Crippen molar-refractivity contribution in [1.82, 2.24) is 16.0 Å². The molecular formula is C15H26N4O7S2. The van der Waals surface area contributed by atoms with Gasteiger partial charge in [0.25, 0.3) is 0 Å². The zero-order valence-electron chi connectivity index (χ0n) is 15.3. The van der Waals surface area contributed by atoms with Crippen molar-refractivity contribution >= 4 is 54.1 Å². The lowest BCUT2D eigenvalue weighted by Crippen LogP contribution is -2.56. The number of hydrogen-bond acceptors (Lipinski definition) is 8. The molecule has 0 aliphatic carbocycles. The first-order valence-electron chi connectivity index (χ1n) is 8.30. The molecule has 0 spiro atoms. The summed E-state index contributed by atoms with van der Waals surface area (Å²) in [5.41, 5.74) is 5.17. The lowest BCUT2D eigenvalue weighted by molar-refractivity contribution is -0.143. The Morgan fingerprint density at radius 3 is 2.00 bits per heavy atom. The highest BCUT2D eigenvalue weighted by Gasteiger charge is 2.29. The predicted molar refractivity (Wildman–Crippen MR) is 106 cm³/mol.